The van der Waals surface area contributed by atoms with E-state index < -0.39 is 0 Å². The molecule has 3 heterocycles. The minimum absolute atomic E-state index is 0.566. The molecule has 0 radical (unpaired) electrons. The van der Waals surface area contributed by atoms with E-state index in [4.69, 9.17) is 4.74 Å². The normalized spacial score (nSPS) is 12.9. The zero-order chi connectivity index (χ0) is 9.54. The van der Waals surface area contributed by atoms with Gasteiger partial charge >= 0.3 is 0 Å². The van der Waals surface area contributed by atoms with Gasteiger partial charge in [0.1, 0.15) is 12.4 Å². The van der Waals surface area contributed by atoms with E-state index in [1.165, 1.54) is 4.88 Å². The number of rotatable bonds is 0. The molecule has 0 atom stereocenters. The van der Waals surface area contributed by atoms with Crippen LogP contribution in [-0.2, 0) is 6.61 Å². The fraction of sp³-hybridized carbons (Fsp3) is 0.200. The highest BCUT2D eigenvalue weighted by Crippen LogP contribution is 2.39. The van der Waals surface area contributed by atoms with Gasteiger partial charge in [-0.05, 0) is 13.0 Å². The number of thiazole rings is 1. The van der Waals surface area contributed by atoms with Crippen LogP contribution in [0.2, 0.25) is 0 Å². The molecule has 1 aliphatic rings. The van der Waals surface area contributed by atoms with Crippen LogP contribution in [0.1, 0.15) is 11.4 Å². The van der Waals surface area contributed by atoms with Crippen LogP contribution >= 0.6 is 11.3 Å². The predicted molar refractivity (Wildman–Crippen MR) is 54.4 cm³/mol. The Morgan fingerprint density at radius 3 is 3.29 bits per heavy atom. The number of fused-ring (bicyclic) bond motifs is 3. The fourth-order valence-corrected chi connectivity index (χ4v) is 2.40. The van der Waals surface area contributed by atoms with E-state index in [2.05, 4.69) is 9.97 Å². The molecular formula is C10H8N2OS. The molecule has 2 aromatic heterocycles. The highest BCUT2D eigenvalue weighted by Gasteiger charge is 2.19. The Labute approximate surface area is 85.4 Å². The summed E-state index contributed by atoms with van der Waals surface area (Å²) in [6.45, 7) is 2.55. The van der Waals surface area contributed by atoms with Gasteiger partial charge in [0.15, 0.2) is 0 Å². The van der Waals surface area contributed by atoms with Crippen LogP contribution in [0.3, 0.4) is 0 Å². The highest BCUT2D eigenvalue weighted by atomic mass is 32.1. The molecule has 3 rings (SSSR count). The Bertz CT molecular complexity index is 493. The smallest absolute Gasteiger partial charge is 0.146 e. The van der Waals surface area contributed by atoms with E-state index in [1.54, 1.807) is 17.5 Å². The summed E-state index contributed by atoms with van der Waals surface area (Å²) >= 11 is 1.66. The van der Waals surface area contributed by atoms with Gasteiger partial charge in [-0.25, -0.2) is 4.98 Å². The van der Waals surface area contributed by atoms with E-state index in [1.807, 2.05) is 18.5 Å². The lowest BCUT2D eigenvalue weighted by Crippen LogP contribution is -2.04. The first-order chi connectivity index (χ1) is 6.84. The maximum atomic E-state index is 5.54. The average Bonchev–Trinajstić information content (AvgIpc) is 2.65. The number of pyridine rings is 1. The largest absolute Gasteiger partial charge is 0.485 e. The Hall–Kier alpha value is -1.42. The molecule has 0 aliphatic carbocycles. The van der Waals surface area contributed by atoms with Crippen molar-refractivity contribution in [3.05, 3.63) is 29.2 Å². The zero-order valence-electron chi connectivity index (χ0n) is 7.65. The second kappa shape index (κ2) is 2.78. The molecule has 0 saturated carbocycles. The Morgan fingerprint density at radius 2 is 2.36 bits per heavy atom. The van der Waals surface area contributed by atoms with Gasteiger partial charge in [-0.1, -0.05) is 0 Å². The molecule has 0 N–H and O–H groups in total. The molecule has 2 aromatic rings. The highest BCUT2D eigenvalue weighted by molar-refractivity contribution is 7.13. The third-order valence-corrected chi connectivity index (χ3v) is 3.16. The van der Waals surface area contributed by atoms with Crippen molar-refractivity contribution < 1.29 is 4.74 Å². The van der Waals surface area contributed by atoms with Crippen molar-refractivity contribution in [2.45, 2.75) is 13.5 Å². The van der Waals surface area contributed by atoms with Gasteiger partial charge in [0, 0.05) is 11.3 Å². The lowest BCUT2D eigenvalue weighted by Gasteiger charge is -2.16. The van der Waals surface area contributed by atoms with Crippen molar-refractivity contribution in [2.24, 2.45) is 0 Å². The van der Waals surface area contributed by atoms with Crippen molar-refractivity contribution in [1.29, 1.82) is 0 Å². The van der Waals surface area contributed by atoms with Crippen molar-refractivity contribution in [3.63, 3.8) is 0 Å². The van der Waals surface area contributed by atoms with Crippen molar-refractivity contribution >= 4 is 11.3 Å². The third-order valence-electron chi connectivity index (χ3n) is 2.25. The van der Waals surface area contributed by atoms with Crippen LogP contribution in [0.25, 0.3) is 10.4 Å². The van der Waals surface area contributed by atoms with Crippen LogP contribution in [0.15, 0.2) is 17.8 Å². The minimum Gasteiger partial charge on any atom is -0.485 e. The number of hydrogen-bond donors (Lipinski definition) is 0. The molecule has 0 unspecified atom stereocenters. The molecule has 4 heteroatoms. The van der Waals surface area contributed by atoms with E-state index in [-0.39, 0.29) is 0 Å². The molecule has 14 heavy (non-hydrogen) atoms. The van der Waals surface area contributed by atoms with Crippen molar-refractivity contribution in [2.75, 3.05) is 0 Å². The van der Waals surface area contributed by atoms with E-state index in [0.29, 0.717) is 6.61 Å². The van der Waals surface area contributed by atoms with Crippen LogP contribution in [-0.4, -0.2) is 9.97 Å². The number of nitrogens with zero attached hydrogens (tertiary/aromatic N) is 2. The molecule has 1 aliphatic heterocycles. The SMILES string of the molecule is Cc1cc2c(cn1)OCc1ncsc1-2. The minimum atomic E-state index is 0.566. The zero-order valence-corrected chi connectivity index (χ0v) is 8.47. The van der Waals surface area contributed by atoms with Crippen LogP contribution in [0, 0.1) is 6.92 Å². The molecule has 70 valence electrons. The van der Waals surface area contributed by atoms with Gasteiger partial charge in [0.2, 0.25) is 0 Å². The van der Waals surface area contributed by atoms with Gasteiger partial charge in [-0.15, -0.1) is 11.3 Å². The van der Waals surface area contributed by atoms with Crippen molar-refractivity contribution in [3.8, 4) is 16.2 Å². The summed E-state index contributed by atoms with van der Waals surface area (Å²) in [6.07, 6.45) is 1.79. The number of aryl methyl sites for hydroxylation is 1. The number of hydrogen-bond acceptors (Lipinski definition) is 4. The van der Waals surface area contributed by atoms with Crippen molar-refractivity contribution in [1.82, 2.24) is 9.97 Å². The quantitative estimate of drug-likeness (QED) is 0.661. The van der Waals surface area contributed by atoms with E-state index in [0.717, 1.165) is 22.7 Å². The molecule has 0 amide bonds. The van der Waals surface area contributed by atoms with E-state index in [9.17, 15) is 0 Å². The summed E-state index contributed by atoms with van der Waals surface area (Å²) in [5.41, 5.74) is 5.03. The van der Waals surface area contributed by atoms with Gasteiger partial charge in [-0.2, -0.15) is 0 Å². The summed E-state index contributed by atoms with van der Waals surface area (Å²) in [4.78, 5) is 9.69. The van der Waals surface area contributed by atoms with Gasteiger partial charge in [0.05, 0.1) is 22.3 Å². The van der Waals surface area contributed by atoms with Crippen LogP contribution < -0.4 is 4.74 Å². The Kier molecular flexibility index (Phi) is 1.58. The van der Waals surface area contributed by atoms with Gasteiger partial charge < -0.3 is 4.74 Å². The summed E-state index contributed by atoms with van der Waals surface area (Å²) < 4.78 is 5.54. The monoisotopic (exact) mass is 204 g/mol. The molecule has 0 aromatic carbocycles. The number of aromatic nitrogens is 2. The predicted octanol–water partition coefficient (Wildman–Crippen LogP) is 2.41. The van der Waals surface area contributed by atoms with Gasteiger partial charge in [0.25, 0.3) is 0 Å². The van der Waals surface area contributed by atoms with Crippen LogP contribution in [0.5, 0.6) is 5.75 Å². The topological polar surface area (TPSA) is 35.0 Å². The molecule has 0 saturated heterocycles. The van der Waals surface area contributed by atoms with E-state index >= 15 is 0 Å². The lowest BCUT2D eigenvalue weighted by molar-refractivity contribution is 0.297. The average molecular weight is 204 g/mol. The first-order valence-corrected chi connectivity index (χ1v) is 5.25. The molecule has 3 nitrogen and oxygen atoms in total. The standard InChI is InChI=1S/C10H8N2OS/c1-6-2-7-9(3-11-6)13-4-8-10(7)14-5-12-8/h2-3,5H,4H2,1H3. The Morgan fingerprint density at radius 1 is 1.43 bits per heavy atom. The Balaban J connectivity index is 2.28. The molecule has 0 fully saturated rings. The number of ether oxygens (including phenoxy) is 1. The summed E-state index contributed by atoms with van der Waals surface area (Å²) in [5, 5.41) is 0. The fourth-order valence-electron chi connectivity index (χ4n) is 1.58. The van der Waals surface area contributed by atoms with Gasteiger partial charge in [-0.3, -0.25) is 4.98 Å². The third kappa shape index (κ3) is 1.04. The summed E-state index contributed by atoms with van der Waals surface area (Å²) in [7, 11) is 0. The maximum Gasteiger partial charge on any atom is 0.146 e. The maximum absolute atomic E-state index is 5.54. The molecule has 0 bridgehead atoms. The first-order valence-electron chi connectivity index (χ1n) is 4.37. The summed E-state index contributed by atoms with van der Waals surface area (Å²) in [5.74, 6) is 0.868. The summed E-state index contributed by atoms with van der Waals surface area (Å²) in [6, 6.07) is 2.05. The molecule has 0 spiro atoms. The second-order valence-corrected chi connectivity index (χ2v) is 4.09. The first kappa shape index (κ1) is 7.94. The lowest BCUT2D eigenvalue weighted by atomic mass is 10.1. The molecular weight excluding hydrogens is 196 g/mol. The second-order valence-electron chi connectivity index (χ2n) is 3.24. The van der Waals surface area contributed by atoms with Crippen LogP contribution in [0.4, 0.5) is 0 Å².